The van der Waals surface area contributed by atoms with Gasteiger partial charge < -0.3 is 30.9 Å². The summed E-state index contributed by atoms with van der Waals surface area (Å²) in [5.41, 5.74) is 1.89. The minimum atomic E-state index is -0.894. The number of aliphatic carboxylic acids is 1. The minimum Gasteiger partial charge on any atom is -0.481 e. The Balaban J connectivity index is 1.54. The van der Waals surface area contributed by atoms with Crippen molar-refractivity contribution < 1.29 is 34.5 Å². The second kappa shape index (κ2) is 14.1. The van der Waals surface area contributed by atoms with Crippen LogP contribution in [-0.2, 0) is 32.0 Å². The van der Waals surface area contributed by atoms with E-state index in [4.69, 9.17) is 10.2 Å². The van der Waals surface area contributed by atoms with Crippen LogP contribution in [-0.4, -0.2) is 81.3 Å². The number of carboxylic acid groups (broad SMARTS) is 1. The number of nitrogens with one attached hydrogen (secondary N) is 2. The Labute approximate surface area is 217 Å². The van der Waals surface area contributed by atoms with Crippen molar-refractivity contribution in [2.24, 2.45) is 0 Å². The van der Waals surface area contributed by atoms with Crippen molar-refractivity contribution in [3.8, 4) is 0 Å². The topological polar surface area (TPSA) is 156 Å². The average molecular weight is 518 g/mol. The molecule has 1 aromatic carbocycles. The van der Waals surface area contributed by atoms with Gasteiger partial charge in [-0.2, -0.15) is 0 Å². The van der Waals surface area contributed by atoms with Crippen LogP contribution in [0.1, 0.15) is 68.9 Å². The van der Waals surface area contributed by atoms with Crippen molar-refractivity contribution in [3.05, 3.63) is 35.4 Å². The number of hydrogen-bond donors (Lipinski definition) is 5. The van der Waals surface area contributed by atoms with Crippen LogP contribution < -0.4 is 10.6 Å². The molecule has 10 nitrogen and oxygen atoms in total. The zero-order valence-electron chi connectivity index (χ0n) is 21.2. The van der Waals surface area contributed by atoms with E-state index in [0.717, 1.165) is 36.8 Å². The first-order valence-electron chi connectivity index (χ1n) is 13.3. The molecule has 37 heavy (non-hydrogen) atoms. The van der Waals surface area contributed by atoms with Gasteiger partial charge in [0.25, 0.3) is 0 Å². The fraction of sp³-hybridized carbons (Fsp3) is 0.630. The molecule has 0 saturated carbocycles. The molecule has 2 saturated heterocycles. The molecule has 3 unspecified atom stereocenters. The molecule has 2 fully saturated rings. The molecule has 204 valence electrons. The zero-order valence-corrected chi connectivity index (χ0v) is 21.2. The van der Waals surface area contributed by atoms with Crippen LogP contribution in [0.5, 0.6) is 0 Å². The standard InChI is InChI=1S/C27H39N3O7/c31-17-21(32)15-16-28-26(36)23-12-11-20-3-1-2-4-22(27(37)30(20)23)29-24(33)13-9-18-5-7-19(8-6-18)10-14-25(34)35/h5-8,20-23,31-32H,1-4,9-17H2,(H,28,36)(H,29,33)(H,34,35)/t20?,21-,22?,23?/m0/s1. The van der Waals surface area contributed by atoms with Gasteiger partial charge in [0.15, 0.2) is 0 Å². The smallest absolute Gasteiger partial charge is 0.303 e. The fourth-order valence-electron chi connectivity index (χ4n) is 5.14. The van der Waals surface area contributed by atoms with Gasteiger partial charge in [0.1, 0.15) is 12.1 Å². The molecule has 0 bridgehead atoms. The largest absolute Gasteiger partial charge is 0.481 e. The maximum atomic E-state index is 13.5. The molecular formula is C27H39N3O7. The average Bonchev–Trinajstić information content (AvgIpc) is 3.30. The quantitative estimate of drug-likeness (QED) is 0.276. The minimum absolute atomic E-state index is 0.0226. The van der Waals surface area contributed by atoms with E-state index in [1.807, 2.05) is 24.3 Å². The van der Waals surface area contributed by atoms with Crippen molar-refractivity contribution in [3.63, 3.8) is 0 Å². The lowest BCUT2D eigenvalue weighted by Gasteiger charge is -2.35. The third kappa shape index (κ3) is 8.53. The molecule has 3 amide bonds. The van der Waals surface area contributed by atoms with Gasteiger partial charge in [-0.25, -0.2) is 0 Å². The summed E-state index contributed by atoms with van der Waals surface area (Å²) in [6.45, 7) is -0.157. The number of carbonyl (C=O) groups is 4. The van der Waals surface area contributed by atoms with E-state index in [-0.39, 0.29) is 56.2 Å². The molecule has 0 radical (unpaired) electrons. The molecule has 2 aliphatic rings. The molecule has 0 aromatic heterocycles. The lowest BCUT2D eigenvalue weighted by atomic mass is 9.98. The summed E-state index contributed by atoms with van der Waals surface area (Å²) in [5.74, 6) is -1.54. The Hall–Kier alpha value is -2.98. The SMILES string of the molecule is O=C(O)CCc1ccc(CCC(=O)NC2CCCCC3CCC(C(=O)NCC[C@H](O)CO)N3C2=O)cc1. The summed E-state index contributed by atoms with van der Waals surface area (Å²) in [6, 6.07) is 6.24. The predicted molar refractivity (Wildman–Crippen MR) is 135 cm³/mol. The van der Waals surface area contributed by atoms with Crippen molar-refractivity contribution in [2.75, 3.05) is 13.2 Å². The van der Waals surface area contributed by atoms with Gasteiger partial charge in [-0.15, -0.1) is 0 Å². The summed E-state index contributed by atoms with van der Waals surface area (Å²) < 4.78 is 0. The fourth-order valence-corrected chi connectivity index (χ4v) is 5.14. The highest BCUT2D eigenvalue weighted by atomic mass is 16.4. The highest BCUT2D eigenvalue weighted by Crippen LogP contribution is 2.31. The summed E-state index contributed by atoms with van der Waals surface area (Å²) in [6.07, 6.45) is 5.02. The summed E-state index contributed by atoms with van der Waals surface area (Å²) in [4.78, 5) is 51.5. The zero-order chi connectivity index (χ0) is 26.8. The first-order valence-corrected chi connectivity index (χ1v) is 13.3. The Bertz CT molecular complexity index is 936. The molecule has 2 heterocycles. The van der Waals surface area contributed by atoms with Gasteiger partial charge >= 0.3 is 5.97 Å². The van der Waals surface area contributed by atoms with E-state index in [1.165, 1.54) is 0 Å². The van der Waals surface area contributed by atoms with Gasteiger partial charge in [0.2, 0.25) is 17.7 Å². The molecular weight excluding hydrogens is 478 g/mol. The number of hydrogen-bond acceptors (Lipinski definition) is 6. The number of nitrogens with zero attached hydrogens (tertiary/aromatic N) is 1. The molecule has 2 aliphatic heterocycles. The monoisotopic (exact) mass is 517 g/mol. The van der Waals surface area contributed by atoms with E-state index < -0.39 is 24.2 Å². The summed E-state index contributed by atoms with van der Waals surface area (Å²) in [5, 5.41) is 32.9. The number of rotatable bonds is 12. The van der Waals surface area contributed by atoms with Crippen LogP contribution in [0.3, 0.4) is 0 Å². The Morgan fingerprint density at radius 3 is 2.27 bits per heavy atom. The second-order valence-electron chi connectivity index (χ2n) is 10.0. The van der Waals surface area contributed by atoms with Gasteiger partial charge in [0, 0.05) is 25.4 Å². The van der Waals surface area contributed by atoms with Gasteiger partial charge in [0.05, 0.1) is 12.7 Å². The van der Waals surface area contributed by atoms with Crippen LogP contribution in [0.15, 0.2) is 24.3 Å². The van der Waals surface area contributed by atoms with Crippen molar-refractivity contribution in [2.45, 2.75) is 94.9 Å². The molecule has 5 N–H and O–H groups in total. The Kier molecular flexibility index (Phi) is 10.9. The van der Waals surface area contributed by atoms with Crippen LogP contribution in [0.4, 0.5) is 0 Å². The second-order valence-corrected chi connectivity index (χ2v) is 10.0. The van der Waals surface area contributed by atoms with Crippen molar-refractivity contribution in [1.29, 1.82) is 0 Å². The van der Waals surface area contributed by atoms with E-state index in [2.05, 4.69) is 10.6 Å². The van der Waals surface area contributed by atoms with E-state index >= 15 is 0 Å². The first kappa shape index (κ1) is 28.6. The predicted octanol–water partition coefficient (Wildman–Crippen LogP) is 0.914. The van der Waals surface area contributed by atoms with Gasteiger partial charge in [-0.05, 0) is 56.1 Å². The molecule has 0 spiro atoms. The van der Waals surface area contributed by atoms with E-state index in [9.17, 15) is 24.3 Å². The number of carbonyl (C=O) groups excluding carboxylic acids is 3. The summed E-state index contributed by atoms with van der Waals surface area (Å²) in [7, 11) is 0. The number of aliphatic hydroxyl groups is 2. The van der Waals surface area contributed by atoms with Crippen molar-refractivity contribution in [1.82, 2.24) is 15.5 Å². The molecule has 1 aromatic rings. The molecule has 4 atom stereocenters. The number of aliphatic hydroxyl groups excluding tert-OH is 2. The van der Waals surface area contributed by atoms with Gasteiger partial charge in [-0.1, -0.05) is 37.1 Å². The Morgan fingerprint density at radius 1 is 0.973 bits per heavy atom. The van der Waals surface area contributed by atoms with Crippen LogP contribution in [0.25, 0.3) is 0 Å². The number of benzene rings is 1. The molecule has 0 aliphatic carbocycles. The maximum absolute atomic E-state index is 13.5. The number of carboxylic acids is 1. The van der Waals surface area contributed by atoms with Crippen molar-refractivity contribution >= 4 is 23.7 Å². The number of fused-ring (bicyclic) bond motifs is 1. The van der Waals surface area contributed by atoms with Gasteiger partial charge in [-0.3, -0.25) is 19.2 Å². The van der Waals surface area contributed by atoms with E-state index in [0.29, 0.717) is 25.7 Å². The summed E-state index contributed by atoms with van der Waals surface area (Å²) >= 11 is 0. The first-order chi connectivity index (χ1) is 17.8. The highest BCUT2D eigenvalue weighted by Gasteiger charge is 2.43. The molecule has 3 rings (SSSR count). The normalized spacial score (nSPS) is 22.5. The van der Waals surface area contributed by atoms with Crippen LogP contribution >= 0.6 is 0 Å². The highest BCUT2D eigenvalue weighted by molar-refractivity contribution is 5.93. The Morgan fingerprint density at radius 2 is 1.62 bits per heavy atom. The lowest BCUT2D eigenvalue weighted by Crippen LogP contribution is -2.56. The van der Waals surface area contributed by atoms with Crippen LogP contribution in [0, 0.1) is 0 Å². The van der Waals surface area contributed by atoms with Crippen LogP contribution in [0.2, 0.25) is 0 Å². The lowest BCUT2D eigenvalue weighted by molar-refractivity contribution is -0.144. The third-order valence-corrected chi connectivity index (χ3v) is 7.25. The molecule has 10 heteroatoms. The van der Waals surface area contributed by atoms with E-state index in [1.54, 1.807) is 4.90 Å². The number of amides is 3. The number of aryl methyl sites for hydroxylation is 2. The third-order valence-electron chi connectivity index (χ3n) is 7.25. The maximum Gasteiger partial charge on any atom is 0.303 e.